The average Bonchev–Trinajstić information content (AvgIpc) is 2.84. The third kappa shape index (κ3) is 3.26. The number of fused-ring (bicyclic) bond motifs is 1. The van der Waals surface area contributed by atoms with Crippen LogP contribution in [-0.2, 0) is 16.1 Å². The number of aromatic nitrogens is 1. The van der Waals surface area contributed by atoms with E-state index in [0.29, 0.717) is 29.9 Å². The van der Waals surface area contributed by atoms with Gasteiger partial charge in [0.05, 0.1) is 28.9 Å². The maximum atomic E-state index is 11.8. The molecule has 1 amide bonds. The van der Waals surface area contributed by atoms with Crippen molar-refractivity contribution in [2.75, 3.05) is 6.61 Å². The molecule has 0 bridgehead atoms. The summed E-state index contributed by atoms with van der Waals surface area (Å²) in [6, 6.07) is 5.22. The number of esters is 1. The van der Waals surface area contributed by atoms with E-state index in [1.807, 2.05) is 0 Å². The Morgan fingerprint density at radius 1 is 1.41 bits per heavy atom. The van der Waals surface area contributed by atoms with Gasteiger partial charge in [-0.25, -0.2) is 4.79 Å². The summed E-state index contributed by atoms with van der Waals surface area (Å²) in [5.74, 6) is 1.98. The van der Waals surface area contributed by atoms with Crippen molar-refractivity contribution >= 4 is 33.4 Å². The molecule has 2 rings (SSSR count). The molecule has 0 saturated carbocycles. The first-order valence-electron chi connectivity index (χ1n) is 6.92. The highest BCUT2D eigenvalue weighted by Gasteiger charge is 2.11. The Kier molecular flexibility index (Phi) is 5.12. The molecule has 1 aromatic carbocycles. The molecule has 0 unspecified atom stereocenters. The zero-order valence-electron chi connectivity index (χ0n) is 12.5. The predicted octanol–water partition coefficient (Wildman–Crippen LogP) is 2.35. The summed E-state index contributed by atoms with van der Waals surface area (Å²) in [6.07, 6.45) is 5.73. The van der Waals surface area contributed by atoms with E-state index in [1.54, 1.807) is 36.6 Å². The predicted molar refractivity (Wildman–Crippen MR) is 85.5 cm³/mol. The van der Waals surface area contributed by atoms with Crippen LogP contribution in [-0.4, -0.2) is 23.1 Å². The molecule has 0 N–H and O–H groups in total. The molecule has 114 valence electrons. The van der Waals surface area contributed by atoms with Gasteiger partial charge >= 0.3 is 5.97 Å². The lowest BCUT2D eigenvalue weighted by Gasteiger charge is -2.03. The molecule has 1 aromatic heterocycles. The van der Waals surface area contributed by atoms with Crippen molar-refractivity contribution in [1.29, 1.82) is 0 Å². The fourth-order valence-corrected chi connectivity index (χ4v) is 3.02. The monoisotopic (exact) mass is 316 g/mol. The summed E-state index contributed by atoms with van der Waals surface area (Å²) in [5, 5.41) is 0. The Labute approximate surface area is 132 Å². The van der Waals surface area contributed by atoms with Gasteiger partial charge in [-0.3, -0.25) is 4.79 Å². The highest BCUT2D eigenvalue weighted by Crippen LogP contribution is 2.20. The fourth-order valence-electron chi connectivity index (χ4n) is 1.93. The summed E-state index contributed by atoms with van der Waals surface area (Å²) >= 11 is 1.33. The van der Waals surface area contributed by atoms with Gasteiger partial charge in [-0.05, 0) is 25.1 Å². The Bertz CT molecular complexity index is 824. The van der Waals surface area contributed by atoms with Gasteiger partial charge in [0.15, 0.2) is 4.80 Å². The van der Waals surface area contributed by atoms with Crippen LogP contribution in [0.5, 0.6) is 0 Å². The van der Waals surface area contributed by atoms with Crippen LogP contribution in [0.3, 0.4) is 0 Å². The van der Waals surface area contributed by atoms with Crippen molar-refractivity contribution in [3.63, 3.8) is 0 Å². The van der Waals surface area contributed by atoms with Crippen LogP contribution in [0, 0.1) is 12.3 Å². The number of benzene rings is 1. The molecular weight excluding hydrogens is 300 g/mol. The summed E-state index contributed by atoms with van der Waals surface area (Å²) in [4.78, 5) is 28.0. The number of carbonyl (C=O) groups is 2. The number of hydrogen-bond donors (Lipinski definition) is 0. The molecule has 0 aliphatic carbocycles. The van der Waals surface area contributed by atoms with Crippen molar-refractivity contribution in [1.82, 2.24) is 4.57 Å². The summed E-state index contributed by atoms with van der Waals surface area (Å²) < 4.78 is 7.62. The quantitative estimate of drug-likeness (QED) is 0.642. The molecule has 0 saturated heterocycles. The standard InChI is InChI=1S/C16H16N2O3S/c1-4-9-18-12-8-7-11(15(20)21-6-3)10-13(12)22-16(18)17-14(19)5-2/h1,7-8,10H,5-6,9H2,2-3H3. The SMILES string of the molecule is C#CCn1c(=NC(=O)CC)sc2cc(C(=O)OCC)ccc21. The van der Waals surface area contributed by atoms with Crippen molar-refractivity contribution in [3.8, 4) is 12.3 Å². The van der Waals surface area contributed by atoms with E-state index in [-0.39, 0.29) is 11.9 Å². The van der Waals surface area contributed by atoms with Crippen LogP contribution < -0.4 is 4.80 Å². The molecule has 6 heteroatoms. The largest absolute Gasteiger partial charge is 0.462 e. The van der Waals surface area contributed by atoms with Crippen LogP contribution in [0.4, 0.5) is 0 Å². The number of amides is 1. The first kappa shape index (κ1) is 16.0. The molecule has 22 heavy (non-hydrogen) atoms. The zero-order valence-corrected chi connectivity index (χ0v) is 13.3. The number of rotatable bonds is 4. The highest BCUT2D eigenvalue weighted by molar-refractivity contribution is 7.16. The molecule has 0 aliphatic heterocycles. The highest BCUT2D eigenvalue weighted by atomic mass is 32.1. The minimum absolute atomic E-state index is 0.206. The second-order valence-corrected chi connectivity index (χ2v) is 5.45. The third-order valence-corrected chi connectivity index (χ3v) is 4.01. The average molecular weight is 316 g/mol. The van der Waals surface area contributed by atoms with Crippen molar-refractivity contribution in [3.05, 3.63) is 28.6 Å². The smallest absolute Gasteiger partial charge is 0.338 e. The van der Waals surface area contributed by atoms with Gasteiger partial charge in [0.2, 0.25) is 5.91 Å². The van der Waals surface area contributed by atoms with Crippen LogP contribution >= 0.6 is 11.3 Å². The van der Waals surface area contributed by atoms with Gasteiger partial charge < -0.3 is 9.30 Å². The Morgan fingerprint density at radius 3 is 2.82 bits per heavy atom. The van der Waals surface area contributed by atoms with Gasteiger partial charge in [-0.1, -0.05) is 24.2 Å². The van der Waals surface area contributed by atoms with Crippen LogP contribution in [0.2, 0.25) is 0 Å². The third-order valence-electron chi connectivity index (χ3n) is 2.97. The lowest BCUT2D eigenvalue weighted by molar-refractivity contribution is -0.117. The molecule has 5 nitrogen and oxygen atoms in total. The summed E-state index contributed by atoms with van der Waals surface area (Å²) in [6.45, 7) is 4.15. The zero-order chi connectivity index (χ0) is 16.1. The number of thiazole rings is 1. The normalized spacial score (nSPS) is 11.4. The van der Waals surface area contributed by atoms with E-state index in [2.05, 4.69) is 10.9 Å². The number of ether oxygens (including phenoxy) is 1. The lowest BCUT2D eigenvalue weighted by Crippen LogP contribution is -2.16. The molecule has 0 radical (unpaired) electrons. The van der Waals surface area contributed by atoms with Crippen LogP contribution in [0.1, 0.15) is 30.6 Å². The van der Waals surface area contributed by atoms with Crippen molar-refractivity contribution < 1.29 is 14.3 Å². The van der Waals surface area contributed by atoms with Gasteiger partial charge in [0.1, 0.15) is 0 Å². The first-order valence-corrected chi connectivity index (χ1v) is 7.73. The second kappa shape index (κ2) is 7.05. The van der Waals surface area contributed by atoms with E-state index in [9.17, 15) is 9.59 Å². The lowest BCUT2D eigenvalue weighted by atomic mass is 10.2. The molecule has 0 spiro atoms. The van der Waals surface area contributed by atoms with Crippen molar-refractivity contribution in [2.24, 2.45) is 4.99 Å². The number of hydrogen-bond acceptors (Lipinski definition) is 4. The maximum absolute atomic E-state index is 11.8. The molecule has 2 aromatic rings. The minimum atomic E-state index is -0.371. The Hall–Kier alpha value is -2.39. The van der Waals surface area contributed by atoms with Crippen LogP contribution in [0.15, 0.2) is 23.2 Å². The van der Waals surface area contributed by atoms with E-state index in [0.717, 1.165) is 10.2 Å². The Balaban J connectivity index is 2.60. The van der Waals surface area contributed by atoms with E-state index >= 15 is 0 Å². The molecule has 0 atom stereocenters. The number of terminal acetylenes is 1. The molecule has 1 heterocycles. The van der Waals surface area contributed by atoms with Gasteiger partial charge in [-0.2, -0.15) is 4.99 Å². The summed E-state index contributed by atoms with van der Waals surface area (Å²) in [5.41, 5.74) is 1.32. The first-order chi connectivity index (χ1) is 10.6. The molecule has 0 fully saturated rings. The Morgan fingerprint density at radius 2 is 2.18 bits per heavy atom. The molecule has 0 aliphatic rings. The minimum Gasteiger partial charge on any atom is -0.462 e. The van der Waals surface area contributed by atoms with E-state index < -0.39 is 0 Å². The van der Waals surface area contributed by atoms with Gasteiger partial charge in [0, 0.05) is 6.42 Å². The fraction of sp³-hybridized carbons (Fsp3) is 0.312. The second-order valence-electron chi connectivity index (χ2n) is 4.44. The molecular formula is C16H16N2O3S. The summed E-state index contributed by atoms with van der Waals surface area (Å²) in [7, 11) is 0. The van der Waals surface area contributed by atoms with Crippen molar-refractivity contribution in [2.45, 2.75) is 26.8 Å². The topological polar surface area (TPSA) is 60.7 Å². The van der Waals surface area contributed by atoms with E-state index in [4.69, 9.17) is 11.2 Å². The van der Waals surface area contributed by atoms with Crippen LogP contribution in [0.25, 0.3) is 10.2 Å². The maximum Gasteiger partial charge on any atom is 0.338 e. The number of carbonyl (C=O) groups excluding carboxylic acids is 2. The number of nitrogens with zero attached hydrogens (tertiary/aromatic N) is 2. The van der Waals surface area contributed by atoms with E-state index in [1.165, 1.54) is 11.3 Å². The van der Waals surface area contributed by atoms with Gasteiger partial charge in [-0.15, -0.1) is 6.42 Å². The van der Waals surface area contributed by atoms with Gasteiger partial charge in [0.25, 0.3) is 0 Å².